The van der Waals surface area contributed by atoms with Gasteiger partial charge in [-0.2, -0.15) is 5.10 Å². The molecule has 0 saturated heterocycles. The topological polar surface area (TPSA) is 49.2 Å². The monoisotopic (exact) mass is 315 g/mol. The van der Waals surface area contributed by atoms with Gasteiger partial charge < -0.3 is 9.47 Å². The average Bonchev–Trinajstić information content (AvgIpc) is 3.22. The minimum atomic E-state index is 0.566. The molecule has 0 aliphatic heterocycles. The number of hydrogen-bond donors (Lipinski definition) is 0. The predicted octanol–water partition coefficient (Wildman–Crippen LogP) is 3.28. The molecule has 1 saturated carbocycles. The van der Waals surface area contributed by atoms with Gasteiger partial charge in [-0.15, -0.1) is 0 Å². The van der Waals surface area contributed by atoms with Crippen molar-refractivity contribution in [1.82, 2.24) is 14.8 Å². The van der Waals surface area contributed by atoms with Gasteiger partial charge in [0.05, 0.1) is 14.2 Å². The highest BCUT2D eigenvalue weighted by atomic mass is 16.5. The van der Waals surface area contributed by atoms with Crippen LogP contribution in [0.4, 0.5) is 0 Å². The number of methoxy groups -OCH3 is 2. The zero-order valence-corrected chi connectivity index (χ0v) is 14.2. The number of aryl methyl sites for hydroxylation is 3. The molecule has 23 heavy (non-hydrogen) atoms. The number of nitrogens with zero attached hydrogens (tertiary/aromatic N) is 3. The van der Waals surface area contributed by atoms with Crippen LogP contribution in [0.3, 0.4) is 0 Å². The van der Waals surface area contributed by atoms with E-state index in [4.69, 9.17) is 14.5 Å². The van der Waals surface area contributed by atoms with Crippen LogP contribution in [0.2, 0.25) is 0 Å². The summed E-state index contributed by atoms with van der Waals surface area (Å²) in [5.41, 5.74) is 1.22. The second kappa shape index (κ2) is 7.02. The SMILES string of the molecule is COc1ccc(CCc2nc(C3CCCC3)nn2C)cc1OC. The minimum Gasteiger partial charge on any atom is -0.493 e. The standard InChI is InChI=1S/C18H25N3O2/c1-21-17(19-18(20-21)14-6-4-5-7-14)11-9-13-8-10-15(22-2)16(12-13)23-3/h8,10,12,14H,4-7,9,11H2,1-3H3. The highest BCUT2D eigenvalue weighted by Crippen LogP contribution is 2.32. The molecule has 1 aliphatic carbocycles. The van der Waals surface area contributed by atoms with Gasteiger partial charge in [0.15, 0.2) is 17.3 Å². The van der Waals surface area contributed by atoms with E-state index < -0.39 is 0 Å². The first kappa shape index (κ1) is 15.8. The fourth-order valence-electron chi connectivity index (χ4n) is 3.31. The Kier molecular flexibility index (Phi) is 4.84. The summed E-state index contributed by atoms with van der Waals surface area (Å²) in [6, 6.07) is 6.07. The number of benzene rings is 1. The van der Waals surface area contributed by atoms with Crippen molar-refractivity contribution in [1.29, 1.82) is 0 Å². The van der Waals surface area contributed by atoms with E-state index in [0.29, 0.717) is 5.92 Å². The molecule has 1 fully saturated rings. The van der Waals surface area contributed by atoms with Gasteiger partial charge in [-0.1, -0.05) is 18.9 Å². The second-order valence-electron chi connectivity index (χ2n) is 6.18. The third-order valence-electron chi connectivity index (χ3n) is 4.68. The van der Waals surface area contributed by atoms with Gasteiger partial charge in [0.1, 0.15) is 5.82 Å². The summed E-state index contributed by atoms with van der Waals surface area (Å²) in [6.07, 6.45) is 6.88. The molecule has 5 nitrogen and oxygen atoms in total. The molecule has 3 rings (SSSR count). The zero-order valence-electron chi connectivity index (χ0n) is 14.2. The Bertz CT molecular complexity index is 660. The Morgan fingerprint density at radius 3 is 2.52 bits per heavy atom. The molecule has 0 atom stereocenters. The van der Waals surface area contributed by atoms with Crippen LogP contribution in [0.5, 0.6) is 11.5 Å². The maximum absolute atomic E-state index is 5.37. The molecule has 0 spiro atoms. The van der Waals surface area contributed by atoms with Crippen molar-refractivity contribution in [2.75, 3.05) is 14.2 Å². The summed E-state index contributed by atoms with van der Waals surface area (Å²) >= 11 is 0. The maximum atomic E-state index is 5.37. The first-order chi connectivity index (χ1) is 11.2. The Labute approximate surface area is 137 Å². The fraction of sp³-hybridized carbons (Fsp3) is 0.556. The fourth-order valence-corrected chi connectivity index (χ4v) is 3.31. The molecule has 0 radical (unpaired) electrons. The number of ether oxygens (including phenoxy) is 2. The van der Waals surface area contributed by atoms with Crippen molar-refractivity contribution in [3.8, 4) is 11.5 Å². The first-order valence-corrected chi connectivity index (χ1v) is 8.32. The van der Waals surface area contributed by atoms with Crippen LogP contribution in [0.25, 0.3) is 0 Å². The molecule has 0 bridgehead atoms. The van der Waals surface area contributed by atoms with Crippen molar-refractivity contribution < 1.29 is 9.47 Å². The van der Waals surface area contributed by atoms with Gasteiger partial charge in [0.2, 0.25) is 0 Å². The molecule has 1 aliphatic rings. The molecule has 1 aromatic heterocycles. The van der Waals surface area contributed by atoms with Crippen molar-refractivity contribution in [3.05, 3.63) is 35.4 Å². The van der Waals surface area contributed by atoms with E-state index in [1.54, 1.807) is 14.2 Å². The van der Waals surface area contributed by atoms with Crippen LogP contribution in [0, 0.1) is 0 Å². The van der Waals surface area contributed by atoms with Crippen molar-refractivity contribution in [2.45, 2.75) is 44.4 Å². The zero-order chi connectivity index (χ0) is 16.2. The summed E-state index contributed by atoms with van der Waals surface area (Å²) < 4.78 is 12.6. The molecule has 0 unspecified atom stereocenters. The smallest absolute Gasteiger partial charge is 0.160 e. The molecule has 2 aromatic rings. The highest BCUT2D eigenvalue weighted by Gasteiger charge is 2.22. The van der Waals surface area contributed by atoms with Crippen molar-refractivity contribution >= 4 is 0 Å². The van der Waals surface area contributed by atoms with E-state index in [2.05, 4.69) is 11.2 Å². The number of hydrogen-bond acceptors (Lipinski definition) is 4. The minimum absolute atomic E-state index is 0.566. The molecule has 1 aromatic carbocycles. The van der Waals surface area contributed by atoms with Crippen LogP contribution in [0.1, 0.15) is 48.8 Å². The molecule has 5 heteroatoms. The lowest BCUT2D eigenvalue weighted by Gasteiger charge is -2.09. The summed E-state index contributed by atoms with van der Waals surface area (Å²) in [4.78, 5) is 4.78. The molecule has 124 valence electrons. The maximum Gasteiger partial charge on any atom is 0.160 e. The van der Waals surface area contributed by atoms with Crippen LogP contribution in [0.15, 0.2) is 18.2 Å². The Morgan fingerprint density at radius 2 is 1.83 bits per heavy atom. The molecule has 1 heterocycles. The lowest BCUT2D eigenvalue weighted by atomic mass is 10.1. The normalized spacial score (nSPS) is 15.1. The third-order valence-corrected chi connectivity index (χ3v) is 4.68. The van der Waals surface area contributed by atoms with Gasteiger partial charge in [0, 0.05) is 19.4 Å². The van der Waals surface area contributed by atoms with Crippen LogP contribution in [-0.4, -0.2) is 29.0 Å². The lowest BCUT2D eigenvalue weighted by molar-refractivity contribution is 0.354. The first-order valence-electron chi connectivity index (χ1n) is 8.32. The molecule has 0 amide bonds. The predicted molar refractivity (Wildman–Crippen MR) is 89.2 cm³/mol. The lowest BCUT2D eigenvalue weighted by Crippen LogP contribution is -2.02. The Morgan fingerprint density at radius 1 is 1.09 bits per heavy atom. The summed E-state index contributed by atoms with van der Waals surface area (Å²) in [5.74, 6) is 4.19. The summed E-state index contributed by atoms with van der Waals surface area (Å²) in [5, 5.41) is 4.63. The van der Waals surface area contributed by atoms with Crippen molar-refractivity contribution in [2.24, 2.45) is 7.05 Å². The number of rotatable bonds is 6. The largest absolute Gasteiger partial charge is 0.493 e. The van der Waals surface area contributed by atoms with E-state index in [9.17, 15) is 0 Å². The summed E-state index contributed by atoms with van der Waals surface area (Å²) in [6.45, 7) is 0. The van der Waals surface area contributed by atoms with E-state index >= 15 is 0 Å². The number of aromatic nitrogens is 3. The van der Waals surface area contributed by atoms with Gasteiger partial charge in [-0.3, -0.25) is 4.68 Å². The molecular weight excluding hydrogens is 290 g/mol. The average molecular weight is 315 g/mol. The van der Waals surface area contributed by atoms with Crippen LogP contribution < -0.4 is 9.47 Å². The van der Waals surface area contributed by atoms with Gasteiger partial charge >= 0.3 is 0 Å². The summed E-state index contributed by atoms with van der Waals surface area (Å²) in [7, 11) is 5.31. The van der Waals surface area contributed by atoms with E-state index in [1.165, 1.54) is 31.2 Å². The van der Waals surface area contributed by atoms with E-state index in [1.807, 2.05) is 23.9 Å². The quantitative estimate of drug-likeness (QED) is 0.821. The highest BCUT2D eigenvalue weighted by molar-refractivity contribution is 5.43. The van der Waals surface area contributed by atoms with E-state index in [0.717, 1.165) is 36.0 Å². The van der Waals surface area contributed by atoms with Gasteiger partial charge in [-0.25, -0.2) is 4.98 Å². The van der Waals surface area contributed by atoms with Crippen LogP contribution >= 0.6 is 0 Å². The van der Waals surface area contributed by atoms with Gasteiger partial charge in [-0.05, 0) is 37.0 Å². The Balaban J connectivity index is 1.68. The second-order valence-corrected chi connectivity index (χ2v) is 6.18. The Hall–Kier alpha value is -2.04. The molecule has 0 N–H and O–H groups in total. The molecular formula is C18H25N3O2. The van der Waals surface area contributed by atoms with Crippen molar-refractivity contribution in [3.63, 3.8) is 0 Å². The van der Waals surface area contributed by atoms with E-state index in [-0.39, 0.29) is 0 Å². The third kappa shape index (κ3) is 3.49. The van der Waals surface area contributed by atoms with Gasteiger partial charge in [0.25, 0.3) is 0 Å². The van der Waals surface area contributed by atoms with Crippen LogP contribution in [-0.2, 0) is 19.9 Å².